The number of benzene rings is 1. The first-order valence-electron chi connectivity index (χ1n) is 4.88. The molecule has 0 saturated heterocycles. The summed E-state index contributed by atoms with van der Waals surface area (Å²) in [6.07, 6.45) is -2.74. The molecule has 0 aliphatic rings. The Bertz CT molecular complexity index is 320. The molecular formula is C11H14F3N. The molecule has 0 bridgehead atoms. The van der Waals surface area contributed by atoms with Crippen LogP contribution in [0.3, 0.4) is 0 Å². The summed E-state index contributed by atoms with van der Waals surface area (Å²) in [5.41, 5.74) is 5.67. The Hall–Kier alpha value is -1.03. The molecule has 1 aromatic rings. The minimum Gasteiger partial charge on any atom is -0.324 e. The Morgan fingerprint density at radius 1 is 1.33 bits per heavy atom. The van der Waals surface area contributed by atoms with Gasteiger partial charge in [0.05, 0.1) is 5.56 Å². The zero-order chi connectivity index (χ0) is 11.5. The van der Waals surface area contributed by atoms with Gasteiger partial charge in [-0.15, -0.1) is 0 Å². The fourth-order valence-corrected chi connectivity index (χ4v) is 1.42. The molecule has 0 amide bonds. The summed E-state index contributed by atoms with van der Waals surface area (Å²) in [6.45, 7) is 1.95. The number of hydrogen-bond acceptors (Lipinski definition) is 1. The van der Waals surface area contributed by atoms with Crippen LogP contribution < -0.4 is 5.73 Å². The van der Waals surface area contributed by atoms with Crippen LogP contribution in [0, 0.1) is 0 Å². The second-order valence-corrected chi connectivity index (χ2v) is 3.52. The third kappa shape index (κ3) is 3.23. The first-order chi connectivity index (χ1) is 6.95. The molecule has 0 aliphatic heterocycles. The zero-order valence-corrected chi connectivity index (χ0v) is 8.51. The van der Waals surface area contributed by atoms with Crippen molar-refractivity contribution in [1.82, 2.24) is 0 Å². The molecule has 0 spiro atoms. The highest BCUT2D eigenvalue weighted by molar-refractivity contribution is 5.27. The average Bonchev–Trinajstić information content (AvgIpc) is 2.17. The molecule has 0 radical (unpaired) electrons. The van der Waals surface area contributed by atoms with E-state index in [1.165, 1.54) is 6.07 Å². The molecule has 0 heterocycles. The highest BCUT2D eigenvalue weighted by Gasteiger charge is 2.30. The van der Waals surface area contributed by atoms with E-state index in [2.05, 4.69) is 0 Å². The van der Waals surface area contributed by atoms with Crippen LogP contribution >= 0.6 is 0 Å². The zero-order valence-electron chi connectivity index (χ0n) is 8.51. The number of hydrogen-bond donors (Lipinski definition) is 1. The fraction of sp³-hybridized carbons (Fsp3) is 0.455. The van der Waals surface area contributed by atoms with Gasteiger partial charge in [-0.3, -0.25) is 0 Å². The van der Waals surface area contributed by atoms with Gasteiger partial charge in [0.2, 0.25) is 0 Å². The Labute approximate surface area is 87.1 Å². The van der Waals surface area contributed by atoms with E-state index in [0.717, 1.165) is 18.6 Å². The van der Waals surface area contributed by atoms with E-state index in [0.29, 0.717) is 12.0 Å². The second kappa shape index (κ2) is 4.66. The van der Waals surface area contributed by atoms with E-state index >= 15 is 0 Å². The molecular weight excluding hydrogens is 203 g/mol. The predicted octanol–water partition coefficient (Wildman–Crippen LogP) is 3.51. The molecule has 15 heavy (non-hydrogen) atoms. The summed E-state index contributed by atoms with van der Waals surface area (Å²) >= 11 is 0. The lowest BCUT2D eigenvalue weighted by atomic mass is 10.0. The van der Waals surface area contributed by atoms with Crippen LogP contribution in [0.2, 0.25) is 0 Å². The lowest BCUT2D eigenvalue weighted by molar-refractivity contribution is -0.137. The normalized spacial score (nSPS) is 13.9. The number of alkyl halides is 3. The number of rotatable bonds is 3. The highest BCUT2D eigenvalue weighted by atomic mass is 19.4. The lowest BCUT2D eigenvalue weighted by Crippen LogP contribution is -2.12. The van der Waals surface area contributed by atoms with Gasteiger partial charge in [0.1, 0.15) is 0 Å². The van der Waals surface area contributed by atoms with Gasteiger partial charge in [-0.1, -0.05) is 25.5 Å². The predicted molar refractivity (Wildman–Crippen MR) is 53.3 cm³/mol. The standard InChI is InChI=1S/C11H14F3N/c1-2-4-10(15)8-5-3-6-9(7-8)11(12,13)14/h3,5-7,10H,2,4,15H2,1H3. The van der Waals surface area contributed by atoms with Crippen LogP contribution in [-0.4, -0.2) is 0 Å². The molecule has 1 rings (SSSR count). The number of nitrogens with two attached hydrogens (primary N) is 1. The van der Waals surface area contributed by atoms with Gasteiger partial charge in [0.25, 0.3) is 0 Å². The summed E-state index contributed by atoms with van der Waals surface area (Å²) in [5, 5.41) is 0. The van der Waals surface area contributed by atoms with Crippen molar-refractivity contribution in [2.75, 3.05) is 0 Å². The molecule has 1 nitrogen and oxygen atoms in total. The average molecular weight is 217 g/mol. The Morgan fingerprint density at radius 2 is 2.00 bits per heavy atom. The summed E-state index contributed by atoms with van der Waals surface area (Å²) in [4.78, 5) is 0. The van der Waals surface area contributed by atoms with Gasteiger partial charge in [0, 0.05) is 6.04 Å². The van der Waals surface area contributed by atoms with Crippen molar-refractivity contribution in [3.05, 3.63) is 35.4 Å². The van der Waals surface area contributed by atoms with Crippen molar-refractivity contribution in [3.63, 3.8) is 0 Å². The molecule has 0 fully saturated rings. The molecule has 0 aromatic heterocycles. The van der Waals surface area contributed by atoms with E-state index in [9.17, 15) is 13.2 Å². The van der Waals surface area contributed by atoms with Crippen LogP contribution in [-0.2, 0) is 6.18 Å². The molecule has 1 atom stereocenters. The van der Waals surface area contributed by atoms with E-state index in [-0.39, 0.29) is 6.04 Å². The molecule has 4 heteroatoms. The first-order valence-corrected chi connectivity index (χ1v) is 4.88. The summed E-state index contributed by atoms with van der Waals surface area (Å²) in [6, 6.07) is 4.91. The maximum atomic E-state index is 12.4. The SMILES string of the molecule is CCCC(N)c1cccc(C(F)(F)F)c1. The van der Waals surface area contributed by atoms with Crippen LogP contribution in [0.15, 0.2) is 24.3 Å². The minimum absolute atomic E-state index is 0.308. The Morgan fingerprint density at radius 3 is 2.53 bits per heavy atom. The molecule has 0 aliphatic carbocycles. The van der Waals surface area contributed by atoms with E-state index in [4.69, 9.17) is 5.73 Å². The largest absolute Gasteiger partial charge is 0.416 e. The van der Waals surface area contributed by atoms with E-state index in [1.807, 2.05) is 6.92 Å². The van der Waals surface area contributed by atoms with Crippen LogP contribution in [0.1, 0.15) is 36.9 Å². The third-order valence-electron chi connectivity index (χ3n) is 2.24. The van der Waals surface area contributed by atoms with Crippen molar-refractivity contribution in [2.45, 2.75) is 32.0 Å². The number of halogens is 3. The molecule has 2 N–H and O–H groups in total. The van der Waals surface area contributed by atoms with Crippen LogP contribution in [0.4, 0.5) is 13.2 Å². The van der Waals surface area contributed by atoms with Crippen molar-refractivity contribution in [2.24, 2.45) is 5.73 Å². The van der Waals surface area contributed by atoms with Gasteiger partial charge < -0.3 is 5.73 Å². The maximum Gasteiger partial charge on any atom is 0.416 e. The molecule has 84 valence electrons. The maximum absolute atomic E-state index is 12.4. The molecule has 1 unspecified atom stereocenters. The Kier molecular flexibility index (Phi) is 3.74. The van der Waals surface area contributed by atoms with Crippen LogP contribution in [0.25, 0.3) is 0 Å². The molecule has 0 saturated carbocycles. The van der Waals surface area contributed by atoms with Crippen molar-refractivity contribution < 1.29 is 13.2 Å². The van der Waals surface area contributed by atoms with Crippen molar-refractivity contribution in [3.8, 4) is 0 Å². The smallest absolute Gasteiger partial charge is 0.324 e. The fourth-order valence-electron chi connectivity index (χ4n) is 1.42. The minimum atomic E-state index is -4.29. The summed E-state index contributed by atoms with van der Waals surface area (Å²) < 4.78 is 37.1. The highest BCUT2D eigenvalue weighted by Crippen LogP contribution is 2.30. The summed E-state index contributed by atoms with van der Waals surface area (Å²) in [5.74, 6) is 0. The van der Waals surface area contributed by atoms with Crippen molar-refractivity contribution in [1.29, 1.82) is 0 Å². The second-order valence-electron chi connectivity index (χ2n) is 3.52. The first kappa shape index (κ1) is 12.0. The topological polar surface area (TPSA) is 26.0 Å². The Balaban J connectivity index is 2.92. The van der Waals surface area contributed by atoms with Gasteiger partial charge in [-0.2, -0.15) is 13.2 Å². The van der Waals surface area contributed by atoms with E-state index in [1.54, 1.807) is 6.07 Å². The van der Waals surface area contributed by atoms with Crippen LogP contribution in [0.5, 0.6) is 0 Å². The quantitative estimate of drug-likeness (QED) is 0.823. The summed E-state index contributed by atoms with van der Waals surface area (Å²) in [7, 11) is 0. The third-order valence-corrected chi connectivity index (χ3v) is 2.24. The van der Waals surface area contributed by atoms with Gasteiger partial charge in [0.15, 0.2) is 0 Å². The lowest BCUT2D eigenvalue weighted by Gasteiger charge is -2.13. The molecule has 1 aromatic carbocycles. The van der Waals surface area contributed by atoms with E-state index < -0.39 is 11.7 Å². The van der Waals surface area contributed by atoms with Gasteiger partial charge in [-0.25, -0.2) is 0 Å². The van der Waals surface area contributed by atoms with Crippen molar-refractivity contribution >= 4 is 0 Å². The monoisotopic (exact) mass is 217 g/mol. The van der Waals surface area contributed by atoms with Gasteiger partial charge >= 0.3 is 6.18 Å². The van der Waals surface area contributed by atoms with Gasteiger partial charge in [-0.05, 0) is 24.1 Å².